The maximum Gasteiger partial charge on any atom is 0.331 e. The van der Waals surface area contributed by atoms with Crippen molar-refractivity contribution in [3.8, 4) is 0 Å². The van der Waals surface area contributed by atoms with Crippen LogP contribution in [0, 0.1) is 5.92 Å². The third-order valence-corrected chi connectivity index (χ3v) is 1.17. The number of hydrogen-bond donors (Lipinski definition) is 2. The van der Waals surface area contributed by atoms with E-state index < -0.39 is 11.9 Å². The second kappa shape index (κ2) is 7.09. The lowest BCUT2D eigenvalue weighted by Gasteiger charge is -2.00. The summed E-state index contributed by atoms with van der Waals surface area (Å²) >= 11 is 0. The molecule has 0 rings (SSSR count). The number of nitrogens with two attached hydrogens (primary N) is 1. The van der Waals surface area contributed by atoms with Crippen molar-refractivity contribution in [2.75, 3.05) is 0 Å². The van der Waals surface area contributed by atoms with Crippen LogP contribution >= 0.6 is 0 Å². The van der Waals surface area contributed by atoms with E-state index in [2.05, 4.69) is 18.9 Å². The molecule has 0 aromatic heterocycles. The van der Waals surface area contributed by atoms with Crippen molar-refractivity contribution in [1.29, 1.82) is 0 Å². The van der Waals surface area contributed by atoms with Gasteiger partial charge in [-0.25, -0.2) is 4.79 Å². The van der Waals surface area contributed by atoms with Gasteiger partial charge in [-0.05, 0) is 12.0 Å². The Morgan fingerprint density at radius 1 is 1.46 bits per heavy atom. The highest BCUT2D eigenvalue weighted by atomic mass is 16.4. The fourth-order valence-corrected chi connectivity index (χ4v) is 0.247. The molecular weight excluding hydrogens is 170 g/mol. The first-order chi connectivity index (χ1) is 5.82. The maximum absolute atomic E-state index is 10.0. The fourth-order valence-electron chi connectivity index (χ4n) is 0.247. The number of carbonyl (C=O) groups is 2. The third-order valence-electron chi connectivity index (χ3n) is 1.17. The first-order valence-electron chi connectivity index (χ1n) is 3.66. The Balaban J connectivity index is 0. The van der Waals surface area contributed by atoms with E-state index in [4.69, 9.17) is 5.11 Å². The van der Waals surface area contributed by atoms with Crippen molar-refractivity contribution in [1.82, 2.24) is 0 Å². The first-order valence-corrected chi connectivity index (χ1v) is 3.66. The van der Waals surface area contributed by atoms with Gasteiger partial charge >= 0.3 is 5.97 Å². The number of hydrogen-bond acceptors (Lipinski definition) is 2. The van der Waals surface area contributed by atoms with Gasteiger partial charge in [-0.2, -0.15) is 0 Å². The molecule has 3 N–H and O–H groups in total. The molecule has 0 aromatic carbocycles. The van der Waals surface area contributed by atoms with Gasteiger partial charge in [0.05, 0.1) is 0 Å². The van der Waals surface area contributed by atoms with Gasteiger partial charge in [-0.3, -0.25) is 4.79 Å². The number of amides is 1. The van der Waals surface area contributed by atoms with Gasteiger partial charge in [0.15, 0.2) is 0 Å². The molecule has 74 valence electrons. The van der Waals surface area contributed by atoms with E-state index in [1.54, 1.807) is 13.8 Å². The molecule has 1 amide bonds. The minimum absolute atomic E-state index is 0.0486. The smallest absolute Gasteiger partial charge is 0.331 e. The third kappa shape index (κ3) is 10.4. The Bertz CT molecular complexity index is 219. The summed E-state index contributed by atoms with van der Waals surface area (Å²) in [5.41, 5.74) is 4.80. The lowest BCUT2D eigenvalue weighted by atomic mass is 10.1. The predicted octanol–water partition coefficient (Wildman–Crippen LogP) is 0.941. The number of carboxylic acids is 1. The van der Waals surface area contributed by atoms with Crippen molar-refractivity contribution in [3.63, 3.8) is 0 Å². The molecule has 0 saturated carbocycles. The van der Waals surface area contributed by atoms with Crippen LogP contribution in [0.1, 0.15) is 13.8 Å². The molecule has 0 aliphatic rings. The summed E-state index contributed by atoms with van der Waals surface area (Å²) in [6.45, 7) is 10.0. The summed E-state index contributed by atoms with van der Waals surface area (Å²) in [6, 6.07) is 0. The number of carboxylic acid groups (broad SMARTS) is 1. The molecule has 13 heavy (non-hydrogen) atoms. The molecule has 4 nitrogen and oxygen atoms in total. The maximum atomic E-state index is 10.0. The van der Waals surface area contributed by atoms with Crippen molar-refractivity contribution >= 4 is 11.9 Å². The Morgan fingerprint density at radius 3 is 1.77 bits per heavy atom. The van der Waals surface area contributed by atoms with E-state index in [1.807, 2.05) is 0 Å². The normalized spacial score (nSPS) is 8.23. The molecule has 0 aliphatic carbocycles. The minimum Gasteiger partial charge on any atom is -0.478 e. The van der Waals surface area contributed by atoms with Gasteiger partial charge in [-0.1, -0.05) is 27.0 Å². The van der Waals surface area contributed by atoms with Gasteiger partial charge in [0.2, 0.25) is 5.91 Å². The van der Waals surface area contributed by atoms with Crippen LogP contribution in [-0.2, 0) is 9.59 Å². The first kappa shape index (κ1) is 14.0. The summed E-state index contributed by atoms with van der Waals surface area (Å²) in [5, 5.41) is 8.25. The van der Waals surface area contributed by atoms with Crippen LogP contribution in [0.25, 0.3) is 0 Å². The molecule has 0 heterocycles. The van der Waals surface area contributed by atoms with Gasteiger partial charge in [-0.15, -0.1) is 0 Å². The van der Waals surface area contributed by atoms with Gasteiger partial charge in [0.25, 0.3) is 0 Å². The Labute approximate surface area is 77.7 Å². The fraction of sp³-hybridized carbons (Fsp3) is 0.333. The van der Waals surface area contributed by atoms with Crippen LogP contribution in [0.5, 0.6) is 0 Å². The van der Waals surface area contributed by atoms with Crippen LogP contribution in [0.2, 0.25) is 0 Å². The second-order valence-electron chi connectivity index (χ2n) is 2.59. The van der Waals surface area contributed by atoms with E-state index in [0.717, 1.165) is 6.08 Å². The van der Waals surface area contributed by atoms with Gasteiger partial charge in [0, 0.05) is 5.57 Å². The Hall–Kier alpha value is -1.58. The summed E-state index contributed by atoms with van der Waals surface area (Å²) in [6.07, 6.45) is 1.06. The van der Waals surface area contributed by atoms with E-state index in [1.165, 1.54) is 0 Å². The molecule has 0 saturated heterocycles. The van der Waals surface area contributed by atoms with E-state index in [9.17, 15) is 9.59 Å². The molecule has 0 radical (unpaired) electrons. The molecule has 0 bridgehead atoms. The molecule has 0 aliphatic heterocycles. The molecule has 4 heteroatoms. The quantitative estimate of drug-likeness (QED) is 0.642. The van der Waals surface area contributed by atoms with Crippen LogP contribution < -0.4 is 5.73 Å². The van der Waals surface area contributed by atoms with Crippen molar-refractivity contribution in [2.24, 2.45) is 11.7 Å². The minimum atomic E-state index is -0.903. The predicted molar refractivity (Wildman–Crippen MR) is 51.0 cm³/mol. The van der Waals surface area contributed by atoms with Crippen LogP contribution in [0.3, 0.4) is 0 Å². The van der Waals surface area contributed by atoms with Crippen LogP contribution in [0.4, 0.5) is 0 Å². The summed E-state index contributed by atoms with van der Waals surface area (Å²) in [7, 11) is 0. The molecule has 0 unspecified atom stereocenters. The zero-order chi connectivity index (χ0) is 11.0. The number of aliphatic carboxylic acids is 1. The topological polar surface area (TPSA) is 80.4 Å². The van der Waals surface area contributed by atoms with Gasteiger partial charge < -0.3 is 10.8 Å². The zero-order valence-corrected chi connectivity index (χ0v) is 7.91. The number of primary amides is 1. The average molecular weight is 185 g/mol. The van der Waals surface area contributed by atoms with Crippen molar-refractivity contribution in [3.05, 3.63) is 24.8 Å². The summed E-state index contributed by atoms with van der Waals surface area (Å²) in [5.74, 6) is -1.34. The highest BCUT2D eigenvalue weighted by Crippen LogP contribution is 2.04. The lowest BCUT2D eigenvalue weighted by Crippen LogP contribution is -2.04. The van der Waals surface area contributed by atoms with E-state index in [-0.39, 0.29) is 11.5 Å². The monoisotopic (exact) mass is 185 g/mol. The molecule has 0 aromatic rings. The zero-order valence-electron chi connectivity index (χ0n) is 7.91. The Kier molecular flexibility index (Phi) is 7.62. The summed E-state index contributed by atoms with van der Waals surface area (Å²) < 4.78 is 0. The number of carbonyl (C=O) groups excluding carboxylic acids is 1. The molecule has 0 spiro atoms. The average Bonchev–Trinajstić information content (AvgIpc) is 2.03. The van der Waals surface area contributed by atoms with Crippen LogP contribution in [-0.4, -0.2) is 17.0 Å². The molecular formula is C9H15NO3. The number of rotatable bonds is 3. The van der Waals surface area contributed by atoms with Crippen molar-refractivity contribution < 1.29 is 14.7 Å². The van der Waals surface area contributed by atoms with E-state index in [0.29, 0.717) is 0 Å². The molecule has 0 fully saturated rings. The van der Waals surface area contributed by atoms with Gasteiger partial charge in [0.1, 0.15) is 0 Å². The highest BCUT2D eigenvalue weighted by molar-refractivity contribution is 5.86. The summed E-state index contributed by atoms with van der Waals surface area (Å²) in [4.78, 5) is 19.5. The lowest BCUT2D eigenvalue weighted by molar-refractivity contribution is -0.133. The standard InChI is InChI=1S/C6H10O2.C3H5NO/c1-4(2)5(3)6(7)8;1-2-3(4)5/h4H,3H2,1-2H3,(H,7,8);2H,1H2,(H2,4,5). The van der Waals surface area contributed by atoms with Crippen LogP contribution in [0.15, 0.2) is 24.8 Å². The highest BCUT2D eigenvalue weighted by Gasteiger charge is 2.06. The van der Waals surface area contributed by atoms with Crippen molar-refractivity contribution in [2.45, 2.75) is 13.8 Å². The molecule has 0 atom stereocenters. The Morgan fingerprint density at radius 2 is 1.77 bits per heavy atom. The van der Waals surface area contributed by atoms with E-state index >= 15 is 0 Å². The second-order valence-corrected chi connectivity index (χ2v) is 2.59. The largest absolute Gasteiger partial charge is 0.478 e. The SMILES string of the molecule is C=C(C(=O)O)C(C)C.C=CC(N)=O.